The van der Waals surface area contributed by atoms with E-state index in [-0.39, 0.29) is 36.7 Å². The molecular weight excluding hydrogens is 1430 g/mol. The van der Waals surface area contributed by atoms with Crippen LogP contribution in [0.4, 0.5) is 34.1 Å². The van der Waals surface area contributed by atoms with Crippen LogP contribution in [0.15, 0.2) is 276 Å². The highest BCUT2D eigenvalue weighted by atomic mass is 35.5. The van der Waals surface area contributed by atoms with Gasteiger partial charge in [-0.15, -0.1) is 45.3 Å². The Morgan fingerprint density at radius 2 is 0.757 bits per heavy atom. The number of halogens is 1. The van der Waals surface area contributed by atoms with Crippen LogP contribution in [0.3, 0.4) is 0 Å². The molecule has 0 saturated carbocycles. The molecule has 2 aliphatic rings. The second kappa shape index (κ2) is 38.2. The van der Waals surface area contributed by atoms with Crippen molar-refractivity contribution in [3.05, 3.63) is 286 Å². The summed E-state index contributed by atoms with van der Waals surface area (Å²) < 4.78 is 5.13. The third-order valence-electron chi connectivity index (χ3n) is 17.5. The van der Waals surface area contributed by atoms with Crippen LogP contribution in [0.25, 0.3) is 52.5 Å². The van der Waals surface area contributed by atoms with E-state index in [2.05, 4.69) is 150 Å². The highest BCUT2D eigenvalue weighted by Gasteiger charge is 2.37. The lowest BCUT2D eigenvalue weighted by Crippen LogP contribution is -2.43. The summed E-state index contributed by atoms with van der Waals surface area (Å²) >= 11 is 11.4. The van der Waals surface area contributed by atoms with Crippen molar-refractivity contribution < 1.29 is 38.6 Å². The van der Waals surface area contributed by atoms with Gasteiger partial charge >= 0.3 is 5.97 Å². The average molecular weight is 1510 g/mol. The lowest BCUT2D eigenvalue weighted by Gasteiger charge is -2.27. The maximum absolute atomic E-state index is 13.6. The summed E-state index contributed by atoms with van der Waals surface area (Å²) in [6.07, 6.45) is 9.31. The first-order valence-electron chi connectivity index (χ1n) is 35.0. The fourth-order valence-electron chi connectivity index (χ4n) is 11.8. The van der Waals surface area contributed by atoms with Gasteiger partial charge in [-0.2, -0.15) is 10.5 Å². The van der Waals surface area contributed by atoms with E-state index in [9.17, 15) is 39.3 Å². The van der Waals surface area contributed by atoms with Crippen molar-refractivity contribution in [1.29, 1.82) is 10.5 Å². The standard InChI is InChI=1S/C44H39N3O4S2.C40H35N3O3S2.C4H5ClO/c1-30(2)44(50)51-27-13-5-4-12-26-46-42(48)37(31(3)38(29-45)43(46)49)28-36-22-23-40(52-36)41-25-24-39(53-41)32-18-20-35(21-19-32)47(33-14-8-6-9-15-33)34-16-10-7-11-17-34;1-28-34(39(45)42(40(46)35(28)27-41)24-10-2-3-11-25-44)26-33-20-21-37(47-33)38-23-22-36(48-38)29-16-18-32(19-17-29)43(30-12-6-4-7-13-30)31-14-8-5-9-15-31;1-3(2)4(5)6/h6-11,14-25,28H,1,4-5,12-13,26-27H2,2-3H3;4-9,12-23,26,44H,2-3,10-11,24-25H2,1H3;1H2,2H3/b37-28-;34-26-;. The minimum absolute atomic E-state index is 0.0103. The Hall–Kier alpha value is -11.2. The van der Waals surface area contributed by atoms with Crippen LogP contribution >= 0.6 is 56.9 Å². The molecule has 4 aromatic heterocycles. The van der Waals surface area contributed by atoms with Crippen molar-refractivity contribution in [2.24, 2.45) is 0 Å². The quantitative estimate of drug-likeness (QED) is 0.0169. The molecule has 2 aliphatic heterocycles. The number of carbonyl (C=O) groups excluding carboxylic acids is 6. The normalized spacial score (nSPS) is 13.5. The zero-order valence-corrected chi connectivity index (χ0v) is 63.9. The number of amides is 4. The van der Waals surface area contributed by atoms with E-state index in [0.717, 1.165) is 110 Å². The van der Waals surface area contributed by atoms with E-state index < -0.39 is 28.9 Å². The number of esters is 1. The number of benzene rings is 6. The zero-order chi connectivity index (χ0) is 75.9. The molecule has 0 radical (unpaired) electrons. The summed E-state index contributed by atoms with van der Waals surface area (Å²) in [5.41, 5.74) is 11.1. The number of hydrogen-bond donors (Lipinski definition) is 1. The first kappa shape index (κ1) is 78.4. The minimum atomic E-state index is -0.554. The molecule has 0 spiro atoms. The van der Waals surface area contributed by atoms with Gasteiger partial charge in [0.25, 0.3) is 23.6 Å². The number of allylic oxidation sites excluding steroid dienone is 1. The van der Waals surface area contributed by atoms with Gasteiger partial charge in [0.15, 0.2) is 0 Å². The Kier molecular flexibility index (Phi) is 28.0. The Morgan fingerprint density at radius 3 is 1.09 bits per heavy atom. The number of thiophene rings is 4. The Bertz CT molecular complexity index is 4990. The highest BCUT2D eigenvalue weighted by Crippen LogP contribution is 2.44. The molecule has 0 saturated heterocycles. The molecule has 0 bridgehead atoms. The van der Waals surface area contributed by atoms with Gasteiger partial charge in [0, 0.05) is 115 Å². The van der Waals surface area contributed by atoms with Gasteiger partial charge in [-0.1, -0.05) is 129 Å². The fraction of sp³-hybridized carbons (Fsp3) is 0.182. The molecule has 12 rings (SSSR count). The summed E-state index contributed by atoms with van der Waals surface area (Å²) in [7, 11) is 0. The number of nitriles is 2. The van der Waals surface area contributed by atoms with Crippen LogP contribution in [0.2, 0.25) is 0 Å². The van der Waals surface area contributed by atoms with E-state index >= 15 is 0 Å². The second-order valence-electron chi connectivity index (χ2n) is 25.2. The fourth-order valence-corrected chi connectivity index (χ4v) is 15.9. The zero-order valence-electron chi connectivity index (χ0n) is 59.8. The molecule has 14 nitrogen and oxygen atoms in total. The average Bonchev–Trinajstić information content (AvgIpc) is 1.76. The first-order valence-corrected chi connectivity index (χ1v) is 38.6. The molecule has 540 valence electrons. The van der Waals surface area contributed by atoms with Crippen LogP contribution in [-0.2, 0) is 33.5 Å². The van der Waals surface area contributed by atoms with Crippen LogP contribution in [-0.4, -0.2) is 76.1 Å². The molecule has 0 aliphatic carbocycles. The van der Waals surface area contributed by atoms with Crippen molar-refractivity contribution in [2.75, 3.05) is 36.1 Å². The summed E-state index contributed by atoms with van der Waals surface area (Å²) in [5, 5.41) is 28.1. The predicted molar refractivity (Wildman–Crippen MR) is 437 cm³/mol. The number of nitrogens with zero attached hydrogens (tertiary/aromatic N) is 6. The van der Waals surface area contributed by atoms with Gasteiger partial charge in [-0.3, -0.25) is 33.8 Å². The van der Waals surface area contributed by atoms with Crippen LogP contribution < -0.4 is 9.80 Å². The number of para-hydroxylation sites is 4. The number of unbranched alkanes of at least 4 members (excludes halogenated alkanes) is 6. The first-order chi connectivity index (χ1) is 51.9. The maximum atomic E-state index is 13.6. The Balaban J connectivity index is 0.000000213. The molecule has 4 amide bonds. The number of anilines is 6. The van der Waals surface area contributed by atoms with Crippen LogP contribution in [0, 0.1) is 22.7 Å². The molecule has 10 aromatic rings. The van der Waals surface area contributed by atoms with Crippen molar-refractivity contribution in [3.63, 3.8) is 0 Å². The lowest BCUT2D eigenvalue weighted by atomic mass is 9.94. The number of aliphatic hydroxyl groups is 1. The highest BCUT2D eigenvalue weighted by molar-refractivity contribution is 7.24. The van der Waals surface area contributed by atoms with Crippen LogP contribution in [0.5, 0.6) is 0 Å². The van der Waals surface area contributed by atoms with Gasteiger partial charge in [0.1, 0.15) is 23.3 Å². The van der Waals surface area contributed by atoms with Gasteiger partial charge in [-0.05, 0) is 227 Å². The number of carbonyl (C=O) groups is 6. The summed E-state index contributed by atoms with van der Waals surface area (Å²) in [4.78, 5) is 89.8. The van der Waals surface area contributed by atoms with E-state index in [1.807, 2.05) is 103 Å². The largest absolute Gasteiger partial charge is 0.462 e. The molecule has 0 unspecified atom stereocenters. The maximum Gasteiger partial charge on any atom is 0.333 e. The van der Waals surface area contributed by atoms with Gasteiger partial charge < -0.3 is 19.6 Å². The minimum Gasteiger partial charge on any atom is -0.462 e. The Morgan fingerprint density at radius 1 is 0.439 bits per heavy atom. The van der Waals surface area contributed by atoms with E-state index in [0.29, 0.717) is 65.7 Å². The van der Waals surface area contributed by atoms with Gasteiger partial charge in [-0.25, -0.2) is 4.79 Å². The molecule has 107 heavy (non-hydrogen) atoms. The predicted octanol–water partition coefficient (Wildman–Crippen LogP) is 22.0. The van der Waals surface area contributed by atoms with Crippen molar-refractivity contribution in [1.82, 2.24) is 9.80 Å². The third-order valence-corrected chi connectivity index (χ3v) is 22.6. The number of imide groups is 2. The summed E-state index contributed by atoms with van der Waals surface area (Å²) in [6.45, 7) is 14.2. The third kappa shape index (κ3) is 20.1. The molecule has 1 N–H and O–H groups in total. The van der Waals surface area contributed by atoms with E-state index in [1.54, 1.807) is 85.2 Å². The van der Waals surface area contributed by atoms with Gasteiger partial charge in [0.2, 0.25) is 5.24 Å². The number of hydrogen-bond acceptors (Lipinski definition) is 16. The lowest BCUT2D eigenvalue weighted by molar-refractivity contribution is -0.142. The number of aliphatic hydroxyl groups excluding tert-OH is 1. The van der Waals surface area contributed by atoms with E-state index in [4.69, 9.17) is 21.4 Å². The molecule has 6 heterocycles. The molecular formula is C88H79ClN6O8S4. The molecule has 0 atom stereocenters. The number of ether oxygens (including phenoxy) is 1. The molecule has 0 fully saturated rings. The molecule has 6 aromatic carbocycles. The van der Waals surface area contributed by atoms with E-state index in [1.165, 1.54) is 9.80 Å². The summed E-state index contributed by atoms with van der Waals surface area (Å²) in [5.74, 6) is -2.25. The SMILES string of the molecule is C=C(C)C(=O)Cl.C=C(C)C(=O)OCCCCCCN1C(=O)C(C#N)=C(C)/C(=C/c2ccc(-c3ccc(-c4ccc(N(c5ccccc5)c5ccccc5)cc4)s3)s2)C1=O.CC1=C(C#N)C(=O)N(CCCCCCO)C(=O)/C1=C\c1ccc(-c2ccc(-c3ccc(N(c4ccccc4)c4ccccc4)cc3)s2)s1. The smallest absolute Gasteiger partial charge is 0.333 e. The van der Waals surface area contributed by atoms with Crippen molar-refractivity contribution in [2.45, 2.75) is 79.1 Å². The van der Waals surface area contributed by atoms with Gasteiger partial charge in [0.05, 0.1) is 6.61 Å². The molecule has 19 heteroatoms. The van der Waals surface area contributed by atoms with Crippen molar-refractivity contribution in [3.8, 4) is 52.5 Å². The monoisotopic (exact) mass is 1510 g/mol. The summed E-state index contributed by atoms with van der Waals surface area (Å²) in [6, 6.07) is 79.2. The van der Waals surface area contributed by atoms with Crippen molar-refractivity contribution >= 4 is 138 Å². The van der Waals surface area contributed by atoms with Crippen LogP contribution in [0.1, 0.15) is 88.8 Å². The topological polar surface area (TPSA) is 192 Å². The number of rotatable bonds is 27. The second-order valence-corrected chi connectivity index (χ2v) is 30.0. The Labute approximate surface area is 646 Å².